The van der Waals surface area contributed by atoms with Gasteiger partial charge in [0.1, 0.15) is 17.2 Å². The molecule has 4 nitrogen and oxygen atoms in total. The minimum Gasteiger partial charge on any atom is -0.262 e. The first-order chi connectivity index (χ1) is 7.81. The van der Waals surface area contributed by atoms with Gasteiger partial charge in [-0.2, -0.15) is 5.10 Å². The summed E-state index contributed by atoms with van der Waals surface area (Å²) < 4.78 is 0. The van der Waals surface area contributed by atoms with Crippen LogP contribution in [0.4, 0.5) is 0 Å². The summed E-state index contributed by atoms with van der Waals surface area (Å²) in [5.74, 6) is 0.856. The van der Waals surface area contributed by atoms with E-state index in [0.29, 0.717) is 5.02 Å². The second-order valence-electron chi connectivity index (χ2n) is 3.18. The molecule has 0 radical (unpaired) electrons. The van der Waals surface area contributed by atoms with Gasteiger partial charge < -0.3 is 0 Å². The summed E-state index contributed by atoms with van der Waals surface area (Å²) in [4.78, 5) is 8.40. The highest BCUT2D eigenvalue weighted by Gasteiger charge is 2.16. The van der Waals surface area contributed by atoms with E-state index in [-0.39, 0.29) is 5.25 Å². The monoisotopic (exact) mass is 254 g/mol. The van der Waals surface area contributed by atoms with Crippen molar-refractivity contribution >= 4 is 23.4 Å². The van der Waals surface area contributed by atoms with Crippen LogP contribution in [0.5, 0.6) is 0 Å². The van der Waals surface area contributed by atoms with Gasteiger partial charge in [0, 0.05) is 6.20 Å². The molecule has 16 heavy (non-hydrogen) atoms. The van der Waals surface area contributed by atoms with E-state index < -0.39 is 0 Å². The Bertz CT molecular complexity index is 446. The maximum atomic E-state index is 6.06. The Labute approximate surface area is 103 Å². The molecule has 0 aromatic carbocycles. The van der Waals surface area contributed by atoms with Crippen LogP contribution in [0.1, 0.15) is 24.4 Å². The van der Waals surface area contributed by atoms with Gasteiger partial charge in [-0.15, -0.1) is 0 Å². The number of nitrogens with zero attached hydrogens (tertiary/aromatic N) is 3. The maximum Gasteiger partial charge on any atom is 0.137 e. The largest absolute Gasteiger partial charge is 0.262 e. The van der Waals surface area contributed by atoms with Gasteiger partial charge in [0.2, 0.25) is 0 Å². The van der Waals surface area contributed by atoms with Gasteiger partial charge in [-0.1, -0.05) is 30.3 Å². The van der Waals surface area contributed by atoms with Gasteiger partial charge in [-0.25, -0.2) is 9.97 Å². The van der Waals surface area contributed by atoms with Gasteiger partial charge in [-0.05, 0) is 18.6 Å². The van der Waals surface area contributed by atoms with E-state index in [1.165, 1.54) is 6.33 Å². The van der Waals surface area contributed by atoms with E-state index in [2.05, 4.69) is 27.1 Å². The lowest BCUT2D eigenvalue weighted by Crippen LogP contribution is -1.96. The summed E-state index contributed by atoms with van der Waals surface area (Å²) in [5, 5.41) is 8.43. The van der Waals surface area contributed by atoms with Gasteiger partial charge in [0.25, 0.3) is 0 Å². The summed E-state index contributed by atoms with van der Waals surface area (Å²) in [5.41, 5.74) is 0. The normalized spacial score (nSPS) is 12.6. The van der Waals surface area contributed by atoms with Crippen molar-refractivity contribution in [1.29, 1.82) is 0 Å². The van der Waals surface area contributed by atoms with Crippen LogP contribution in [0.15, 0.2) is 29.7 Å². The van der Waals surface area contributed by atoms with Gasteiger partial charge >= 0.3 is 0 Å². The molecule has 0 fully saturated rings. The fraction of sp³-hybridized carbons (Fsp3) is 0.300. The van der Waals surface area contributed by atoms with E-state index in [9.17, 15) is 0 Å². The Hall–Kier alpha value is -1.07. The van der Waals surface area contributed by atoms with E-state index in [1.807, 2.05) is 12.1 Å². The van der Waals surface area contributed by atoms with Crippen molar-refractivity contribution in [3.63, 3.8) is 0 Å². The molecule has 84 valence electrons. The SMILES string of the molecule is CCC(Sc1ncccc1Cl)c1ncn[nH]1. The molecule has 1 N–H and O–H groups in total. The van der Waals surface area contributed by atoms with Crippen molar-refractivity contribution in [2.45, 2.75) is 23.6 Å². The predicted octanol–water partition coefficient (Wildman–Crippen LogP) is 3.10. The Morgan fingerprint density at radius 1 is 1.50 bits per heavy atom. The van der Waals surface area contributed by atoms with Gasteiger partial charge in [0.15, 0.2) is 0 Å². The molecule has 2 aromatic rings. The van der Waals surface area contributed by atoms with E-state index in [0.717, 1.165) is 17.3 Å². The standard InChI is InChI=1S/C10H11ClN4S/c1-2-8(9-13-6-14-15-9)16-10-7(11)4-3-5-12-10/h3-6,8H,2H2,1H3,(H,13,14,15). The molecule has 2 aromatic heterocycles. The lowest BCUT2D eigenvalue weighted by molar-refractivity contribution is 0.816. The lowest BCUT2D eigenvalue weighted by atomic mass is 10.3. The lowest BCUT2D eigenvalue weighted by Gasteiger charge is -2.11. The number of halogens is 1. The number of hydrogen-bond acceptors (Lipinski definition) is 4. The molecule has 0 saturated carbocycles. The summed E-state index contributed by atoms with van der Waals surface area (Å²) in [6.07, 6.45) is 4.19. The van der Waals surface area contributed by atoms with Crippen molar-refractivity contribution in [3.8, 4) is 0 Å². The number of H-pyrrole nitrogens is 1. The minimum absolute atomic E-state index is 0.204. The van der Waals surface area contributed by atoms with Crippen LogP contribution in [0.3, 0.4) is 0 Å². The molecular weight excluding hydrogens is 244 g/mol. The number of aromatic amines is 1. The van der Waals surface area contributed by atoms with Gasteiger partial charge in [-0.3, -0.25) is 5.10 Å². The number of thioether (sulfide) groups is 1. The Morgan fingerprint density at radius 2 is 2.38 bits per heavy atom. The van der Waals surface area contributed by atoms with Crippen LogP contribution in [0, 0.1) is 0 Å². The van der Waals surface area contributed by atoms with Crippen LogP contribution < -0.4 is 0 Å². The molecule has 0 aliphatic carbocycles. The fourth-order valence-corrected chi connectivity index (χ4v) is 2.51. The smallest absolute Gasteiger partial charge is 0.137 e. The fourth-order valence-electron chi connectivity index (χ4n) is 1.30. The minimum atomic E-state index is 0.204. The first kappa shape index (κ1) is 11.4. The van der Waals surface area contributed by atoms with Crippen molar-refractivity contribution in [3.05, 3.63) is 35.5 Å². The third-order valence-corrected chi connectivity index (χ3v) is 3.89. The van der Waals surface area contributed by atoms with Crippen molar-refractivity contribution in [1.82, 2.24) is 20.2 Å². The summed E-state index contributed by atoms with van der Waals surface area (Å²) in [6.45, 7) is 2.09. The van der Waals surface area contributed by atoms with Crippen LogP contribution in [-0.4, -0.2) is 20.2 Å². The average Bonchev–Trinajstić information content (AvgIpc) is 2.81. The third-order valence-electron chi connectivity index (χ3n) is 2.09. The molecule has 0 amide bonds. The first-order valence-electron chi connectivity index (χ1n) is 4.93. The number of hydrogen-bond donors (Lipinski definition) is 1. The molecule has 6 heteroatoms. The number of aromatic nitrogens is 4. The number of pyridine rings is 1. The molecule has 1 unspecified atom stereocenters. The van der Waals surface area contributed by atoms with Crippen LogP contribution >= 0.6 is 23.4 Å². The molecule has 0 saturated heterocycles. The summed E-state index contributed by atoms with van der Waals surface area (Å²) in [6, 6.07) is 3.66. The summed E-state index contributed by atoms with van der Waals surface area (Å²) >= 11 is 7.65. The Morgan fingerprint density at radius 3 is 3.00 bits per heavy atom. The van der Waals surface area contributed by atoms with Crippen LogP contribution in [-0.2, 0) is 0 Å². The van der Waals surface area contributed by atoms with Crippen molar-refractivity contribution in [2.75, 3.05) is 0 Å². The maximum absolute atomic E-state index is 6.06. The Kier molecular flexibility index (Phi) is 3.79. The van der Waals surface area contributed by atoms with Crippen molar-refractivity contribution in [2.24, 2.45) is 0 Å². The Balaban J connectivity index is 2.17. The number of nitrogens with one attached hydrogen (secondary N) is 1. The van der Waals surface area contributed by atoms with Crippen LogP contribution in [0.2, 0.25) is 5.02 Å². The van der Waals surface area contributed by atoms with Crippen LogP contribution in [0.25, 0.3) is 0 Å². The quantitative estimate of drug-likeness (QED) is 0.852. The topological polar surface area (TPSA) is 54.5 Å². The molecule has 2 rings (SSSR count). The zero-order chi connectivity index (χ0) is 11.4. The highest BCUT2D eigenvalue weighted by Crippen LogP contribution is 2.37. The molecule has 0 spiro atoms. The predicted molar refractivity (Wildman–Crippen MR) is 64.5 cm³/mol. The zero-order valence-electron chi connectivity index (χ0n) is 8.72. The average molecular weight is 255 g/mol. The zero-order valence-corrected chi connectivity index (χ0v) is 10.3. The molecule has 0 aliphatic rings. The molecule has 0 aliphatic heterocycles. The van der Waals surface area contributed by atoms with Gasteiger partial charge in [0.05, 0.1) is 10.3 Å². The summed E-state index contributed by atoms with van der Waals surface area (Å²) in [7, 11) is 0. The first-order valence-corrected chi connectivity index (χ1v) is 6.19. The highest BCUT2D eigenvalue weighted by atomic mass is 35.5. The van der Waals surface area contributed by atoms with Crippen molar-refractivity contribution < 1.29 is 0 Å². The highest BCUT2D eigenvalue weighted by molar-refractivity contribution is 7.99. The molecule has 0 bridgehead atoms. The second-order valence-corrected chi connectivity index (χ2v) is 4.77. The second kappa shape index (κ2) is 5.32. The van der Waals surface area contributed by atoms with E-state index >= 15 is 0 Å². The number of rotatable bonds is 4. The molecule has 2 heterocycles. The molecular formula is C10H11ClN4S. The molecule has 1 atom stereocenters. The van der Waals surface area contributed by atoms with E-state index in [4.69, 9.17) is 11.6 Å². The third kappa shape index (κ3) is 2.54. The van der Waals surface area contributed by atoms with E-state index in [1.54, 1.807) is 18.0 Å².